The number of ketones is 2. The third-order valence-corrected chi connectivity index (χ3v) is 24.4. The van der Waals surface area contributed by atoms with Crippen LogP contribution >= 0.6 is 0 Å². The summed E-state index contributed by atoms with van der Waals surface area (Å²) < 4.78 is 28.9. The van der Waals surface area contributed by atoms with Crippen molar-refractivity contribution in [3.05, 3.63) is 220 Å². The van der Waals surface area contributed by atoms with E-state index in [1.165, 1.54) is 92.2 Å². The first-order valence-electron chi connectivity index (χ1n) is 44.0. The molecule has 1 amide bonds. The third-order valence-electron chi connectivity index (χ3n) is 24.4. The van der Waals surface area contributed by atoms with Gasteiger partial charge in [0.2, 0.25) is 5.91 Å². The Hall–Kier alpha value is -10.9. The van der Waals surface area contributed by atoms with Gasteiger partial charge in [0.15, 0.2) is 23.2 Å². The summed E-state index contributed by atoms with van der Waals surface area (Å²) in [5.41, 5.74) is 20.1. The number of hydrogen-bond acceptors (Lipinski definition) is 15. The van der Waals surface area contributed by atoms with Gasteiger partial charge in [-0.15, -0.1) is 0 Å². The first-order valence-corrected chi connectivity index (χ1v) is 44.0. The van der Waals surface area contributed by atoms with Gasteiger partial charge in [0, 0.05) is 223 Å². The number of amides is 1. The molecule has 0 bridgehead atoms. The second-order valence-electron chi connectivity index (χ2n) is 35.2. The van der Waals surface area contributed by atoms with Gasteiger partial charge in [0.1, 0.15) is 24.7 Å². The number of morpholine rings is 1. The molecule has 4 saturated heterocycles. The summed E-state index contributed by atoms with van der Waals surface area (Å²) in [6.07, 6.45) is 20.2. The van der Waals surface area contributed by atoms with E-state index >= 15 is 0 Å². The lowest BCUT2D eigenvalue weighted by Gasteiger charge is -2.32. The van der Waals surface area contributed by atoms with Crippen molar-refractivity contribution in [1.82, 2.24) is 72.1 Å². The predicted molar refractivity (Wildman–Crippen MR) is 494 cm³/mol. The molecule has 0 spiro atoms. The molecule has 4 aliphatic heterocycles. The average molecular weight is 1670 g/mol. The van der Waals surface area contributed by atoms with E-state index in [0.717, 1.165) is 177 Å². The molecule has 0 saturated carbocycles. The summed E-state index contributed by atoms with van der Waals surface area (Å²) in [5.74, 6) is 3.75. The van der Waals surface area contributed by atoms with Crippen molar-refractivity contribution < 1.29 is 38.5 Å². The number of aromatic carboxylic acids is 1. The summed E-state index contributed by atoms with van der Waals surface area (Å²) >= 11 is 0. The van der Waals surface area contributed by atoms with Crippen molar-refractivity contribution in [1.29, 1.82) is 0 Å². The van der Waals surface area contributed by atoms with Crippen molar-refractivity contribution in [2.24, 2.45) is 28.2 Å². The molecule has 123 heavy (non-hydrogen) atoms. The fourth-order valence-electron chi connectivity index (χ4n) is 17.7. The smallest absolute Gasteiger partial charge is 0.337 e. The normalized spacial score (nSPS) is 15.1. The Bertz CT molecular complexity index is 5810. The summed E-state index contributed by atoms with van der Waals surface area (Å²) in [4.78, 5) is 73.0. The number of methoxy groups -OCH3 is 1. The number of fused-ring (bicyclic) bond motifs is 5. The summed E-state index contributed by atoms with van der Waals surface area (Å²) in [6, 6.07) is 38.0. The maximum absolute atomic E-state index is 12.9. The van der Waals surface area contributed by atoms with Crippen molar-refractivity contribution >= 4 is 78.0 Å². The van der Waals surface area contributed by atoms with Crippen LogP contribution in [0.25, 0.3) is 77.3 Å². The molecule has 4 aliphatic rings. The number of aryl methyl sites for hydroxylation is 5. The van der Waals surface area contributed by atoms with Gasteiger partial charge >= 0.3 is 5.97 Å². The Morgan fingerprint density at radius 1 is 0.496 bits per heavy atom. The first kappa shape index (κ1) is 89.8. The Kier molecular flexibility index (Phi) is 29.6. The number of aromatic nitrogens is 10. The molecule has 13 aromatic rings. The van der Waals surface area contributed by atoms with Gasteiger partial charge in [-0.3, -0.25) is 33.8 Å². The molecule has 0 radical (unpaired) electrons. The standard InChI is InChI=1S/C23H26N2O3.C21H28N6O.C19H26N2O2.C19H26N2O.C18H21N3O/c1-16-3-6-18(7-4-16)28-19-9-11-25(12-10-19)14-17-5-8-22-20(13-17)21(23(26)27)15-24(22)2;1-15(2)18-12-27(13-20(28)26-9-7-24(3)8-10-26)19-6-5-16(11-17(18)19)21-22-14-25(4)23-21;1-13(2)16-9-15(11-21-5-7-23-8-6-21)10-17-18(14(3)22)12-20(4)19(16)17;1-13(2)16-9-15(11-21-7-5-6-8-21)10-17-18(14(3)22)12-20(4)19(16)17;1-13(2)16-12-21(9-10-22-3)17-6-5-14(11-15(16)17)18-19-7-4-8-20-18/h3-8,13,15,19H,9-12,14H2,1-2H3,(H,26,27);5-6,11-12,14-15H,7-10,13H2,1-4H3;9-10,12-13H,5-8,11H2,1-4H3;9-10,12-13H,5-8,11H2,1-4H3;4-8,11-13H,9-10H2,1-3H3. The minimum absolute atomic E-state index is 0.133. The number of ether oxygens (including phenoxy) is 3. The minimum Gasteiger partial charge on any atom is -0.490 e. The number of likely N-dealkylation sites (tertiary alicyclic amines) is 2. The molecule has 23 heteroatoms. The predicted octanol–water partition coefficient (Wildman–Crippen LogP) is 17.9. The molecular weight excluding hydrogens is 1540 g/mol. The summed E-state index contributed by atoms with van der Waals surface area (Å²) in [6.45, 7) is 39.2. The van der Waals surface area contributed by atoms with E-state index < -0.39 is 5.97 Å². The molecule has 6 aromatic carbocycles. The van der Waals surface area contributed by atoms with E-state index in [1.807, 2.05) is 86.4 Å². The maximum Gasteiger partial charge on any atom is 0.337 e. The molecule has 0 aliphatic carbocycles. The molecule has 23 nitrogen and oxygen atoms in total. The monoisotopic (exact) mass is 1670 g/mol. The van der Waals surface area contributed by atoms with Crippen LogP contribution in [0, 0.1) is 6.92 Å². The van der Waals surface area contributed by atoms with Crippen LogP contribution in [0.4, 0.5) is 0 Å². The highest BCUT2D eigenvalue weighted by Gasteiger charge is 2.27. The molecule has 1 N–H and O–H groups in total. The zero-order valence-corrected chi connectivity index (χ0v) is 75.5. The van der Waals surface area contributed by atoms with Crippen LogP contribution in [0.5, 0.6) is 5.75 Å². The average Bonchev–Trinajstić information content (AvgIpc) is 1.47. The maximum atomic E-state index is 12.9. The lowest BCUT2D eigenvalue weighted by Crippen LogP contribution is -2.48. The number of carbonyl (C=O) groups is 4. The summed E-state index contributed by atoms with van der Waals surface area (Å²) in [5, 5.41) is 19.3. The van der Waals surface area contributed by atoms with Gasteiger partial charge in [-0.1, -0.05) is 91.3 Å². The van der Waals surface area contributed by atoms with Gasteiger partial charge in [0.25, 0.3) is 0 Å². The zero-order valence-electron chi connectivity index (χ0n) is 75.5. The van der Waals surface area contributed by atoms with Crippen LogP contribution in [0.2, 0.25) is 0 Å². The van der Waals surface area contributed by atoms with Gasteiger partial charge in [0.05, 0.1) is 36.4 Å². The lowest BCUT2D eigenvalue weighted by molar-refractivity contribution is -0.133. The lowest BCUT2D eigenvalue weighted by atomic mass is 9.95. The summed E-state index contributed by atoms with van der Waals surface area (Å²) in [7, 11) is 11.7. The first-order chi connectivity index (χ1) is 59.1. The van der Waals surface area contributed by atoms with E-state index in [4.69, 9.17) is 14.2 Å². The van der Waals surface area contributed by atoms with Gasteiger partial charge in [-0.25, -0.2) is 19.7 Å². The van der Waals surface area contributed by atoms with Gasteiger partial charge in [-0.05, 0) is 208 Å². The molecule has 7 aromatic heterocycles. The topological polar surface area (TPSA) is 214 Å². The minimum atomic E-state index is -0.878. The number of hydrogen-bond donors (Lipinski definition) is 1. The zero-order chi connectivity index (χ0) is 87.4. The quantitative estimate of drug-likeness (QED) is 0.0625. The number of rotatable bonds is 22. The number of piperazine rings is 1. The fourth-order valence-corrected chi connectivity index (χ4v) is 17.7. The van der Waals surface area contributed by atoms with Crippen molar-refractivity contribution in [3.63, 3.8) is 0 Å². The number of Topliss-reactive ketones (excluding diaryl/α,β-unsaturated/α-hetero) is 2. The van der Waals surface area contributed by atoms with E-state index in [2.05, 4.69) is 212 Å². The number of carboxylic acids is 1. The third kappa shape index (κ3) is 21.8. The number of nitrogens with zero attached hydrogens (tertiary/aromatic N) is 15. The molecule has 650 valence electrons. The van der Waals surface area contributed by atoms with Crippen LogP contribution in [0.15, 0.2) is 159 Å². The molecule has 0 unspecified atom stereocenters. The van der Waals surface area contributed by atoms with Gasteiger partial charge in [-0.2, -0.15) is 5.10 Å². The Morgan fingerprint density at radius 2 is 0.992 bits per heavy atom. The van der Waals surface area contributed by atoms with Gasteiger partial charge < -0.3 is 52.0 Å². The Labute approximate surface area is 725 Å². The van der Waals surface area contributed by atoms with E-state index in [9.17, 15) is 24.3 Å². The SMILES string of the molecule is CC(=O)c1cn(C)c2c(C(C)C)cc(CN3CCCC3)cc12.CC(=O)c1cn(C)c2c(C(C)C)cc(CN3CCOCC3)cc12.CC(C)c1cn(CC(=O)N2CCN(C)CC2)c2ccc(-c3ncn(C)n3)cc12.COCCn1cc(C(C)C)c2cc(-c3ncccn3)ccc21.Cc1ccc(OC2CCN(Cc3ccc4c(c3)c(C(=O)O)cn4C)CC2)cc1. The number of piperidine rings is 1. The number of carboxylic acid groups (broad SMARTS) is 1. The molecule has 11 heterocycles. The second kappa shape index (κ2) is 40.6. The highest BCUT2D eigenvalue weighted by Crippen LogP contribution is 2.37. The molecule has 17 rings (SSSR count). The molecular formula is C100H127N15O8. The number of carbonyl (C=O) groups excluding carboxylic acids is 3. The fraction of sp³-hybridized carbons (Fsp3) is 0.440. The van der Waals surface area contributed by atoms with E-state index in [0.29, 0.717) is 42.4 Å². The number of likely N-dealkylation sites (N-methyl/N-ethyl adjacent to an activating group) is 1. The van der Waals surface area contributed by atoms with Crippen molar-refractivity contribution in [2.45, 2.75) is 164 Å². The van der Waals surface area contributed by atoms with Crippen molar-refractivity contribution in [3.8, 4) is 28.5 Å². The van der Waals surface area contributed by atoms with Crippen molar-refractivity contribution in [2.75, 3.05) is 99.4 Å². The van der Waals surface area contributed by atoms with Crippen LogP contribution < -0.4 is 4.74 Å². The second-order valence-corrected chi connectivity index (χ2v) is 35.2. The highest BCUT2D eigenvalue weighted by atomic mass is 16.5. The Balaban J connectivity index is 0.000000133. The Morgan fingerprint density at radius 3 is 1.51 bits per heavy atom. The number of benzene rings is 6. The molecule has 4 fully saturated rings. The van der Waals surface area contributed by atoms with E-state index in [-0.39, 0.29) is 23.6 Å². The van der Waals surface area contributed by atoms with Crippen LogP contribution in [0.3, 0.4) is 0 Å². The largest absolute Gasteiger partial charge is 0.490 e. The van der Waals surface area contributed by atoms with E-state index in [1.54, 1.807) is 50.6 Å². The van der Waals surface area contributed by atoms with Crippen LogP contribution in [-0.2, 0) is 75.2 Å². The van der Waals surface area contributed by atoms with Crippen LogP contribution in [0.1, 0.15) is 194 Å². The molecule has 0 atom stereocenters. The highest BCUT2D eigenvalue weighted by molar-refractivity contribution is 6.09. The van der Waals surface area contributed by atoms with Crippen LogP contribution in [-0.4, -0.2) is 206 Å².